The third-order valence-corrected chi connectivity index (χ3v) is 4.16. The molecular formula is C22H24N2. The van der Waals surface area contributed by atoms with Crippen molar-refractivity contribution in [2.45, 2.75) is 39.5 Å². The van der Waals surface area contributed by atoms with Gasteiger partial charge in [-0.1, -0.05) is 87.4 Å². The van der Waals surface area contributed by atoms with Gasteiger partial charge in [0, 0.05) is 22.4 Å². The average molecular weight is 316 g/mol. The minimum Gasteiger partial charge on any atom is -0.233 e. The lowest BCUT2D eigenvalue weighted by atomic mass is 9.98. The zero-order valence-electron chi connectivity index (χ0n) is 14.5. The van der Waals surface area contributed by atoms with E-state index in [1.807, 2.05) is 18.2 Å². The van der Waals surface area contributed by atoms with Crippen LogP contribution in [0.25, 0.3) is 22.6 Å². The maximum atomic E-state index is 4.96. The van der Waals surface area contributed by atoms with Crippen LogP contribution in [0.3, 0.4) is 0 Å². The van der Waals surface area contributed by atoms with E-state index in [1.54, 1.807) is 0 Å². The van der Waals surface area contributed by atoms with E-state index in [1.165, 1.54) is 16.8 Å². The summed E-state index contributed by atoms with van der Waals surface area (Å²) in [4.78, 5) is 9.89. The lowest BCUT2D eigenvalue weighted by molar-refractivity contribution is 0.820. The van der Waals surface area contributed by atoms with Gasteiger partial charge in [0.2, 0.25) is 0 Å². The second-order valence-electron chi connectivity index (χ2n) is 6.05. The Morgan fingerprint density at radius 3 is 1.83 bits per heavy atom. The highest BCUT2D eigenvalue weighted by molar-refractivity contribution is 5.67. The van der Waals surface area contributed by atoms with Crippen LogP contribution in [0.2, 0.25) is 0 Å². The Kier molecular flexibility index (Phi) is 5.37. The number of aromatic nitrogens is 2. The van der Waals surface area contributed by atoms with Gasteiger partial charge in [0.25, 0.3) is 0 Å². The van der Waals surface area contributed by atoms with E-state index in [0.717, 1.165) is 42.8 Å². The number of aryl methyl sites for hydroxylation is 1. The van der Waals surface area contributed by atoms with Gasteiger partial charge in [0.05, 0.1) is 5.69 Å². The molecule has 3 rings (SSSR count). The molecule has 0 saturated heterocycles. The molecule has 0 amide bonds. The van der Waals surface area contributed by atoms with Crippen LogP contribution in [0.5, 0.6) is 0 Å². The number of benzene rings is 2. The summed E-state index contributed by atoms with van der Waals surface area (Å²) >= 11 is 0. The Balaban J connectivity index is 2.21. The second kappa shape index (κ2) is 7.87. The summed E-state index contributed by atoms with van der Waals surface area (Å²) in [7, 11) is 0. The molecule has 122 valence electrons. The van der Waals surface area contributed by atoms with Gasteiger partial charge in [-0.15, -0.1) is 0 Å². The predicted molar refractivity (Wildman–Crippen MR) is 101 cm³/mol. The molecule has 0 radical (unpaired) electrons. The van der Waals surface area contributed by atoms with Crippen LogP contribution in [-0.2, 0) is 12.8 Å². The summed E-state index contributed by atoms with van der Waals surface area (Å²) < 4.78 is 0. The first-order valence-corrected chi connectivity index (χ1v) is 8.84. The van der Waals surface area contributed by atoms with E-state index < -0.39 is 0 Å². The molecule has 0 aliphatic carbocycles. The van der Waals surface area contributed by atoms with E-state index in [2.05, 4.69) is 56.3 Å². The molecule has 2 heteroatoms. The van der Waals surface area contributed by atoms with E-state index in [0.29, 0.717) is 0 Å². The smallest absolute Gasteiger partial charge is 0.160 e. The molecule has 0 aliphatic heterocycles. The Labute approximate surface area is 144 Å². The number of nitrogens with zero attached hydrogens (tertiary/aromatic N) is 2. The summed E-state index contributed by atoms with van der Waals surface area (Å²) in [5.74, 6) is 0.831. The molecular weight excluding hydrogens is 292 g/mol. The molecule has 2 nitrogen and oxygen atoms in total. The Bertz CT molecular complexity index is 780. The van der Waals surface area contributed by atoms with Crippen molar-refractivity contribution >= 4 is 0 Å². The first-order valence-electron chi connectivity index (χ1n) is 8.84. The predicted octanol–water partition coefficient (Wildman–Crippen LogP) is 5.72. The first-order chi connectivity index (χ1) is 11.8. The Hall–Kier alpha value is -2.48. The summed E-state index contributed by atoms with van der Waals surface area (Å²) in [6.45, 7) is 4.43. The van der Waals surface area contributed by atoms with Gasteiger partial charge in [0.1, 0.15) is 0 Å². The highest BCUT2D eigenvalue weighted by Gasteiger charge is 2.15. The quantitative estimate of drug-likeness (QED) is 0.581. The molecule has 3 aromatic rings. The molecule has 0 aliphatic rings. The number of hydrogen-bond acceptors (Lipinski definition) is 2. The maximum absolute atomic E-state index is 4.96. The van der Waals surface area contributed by atoms with Crippen molar-refractivity contribution in [1.82, 2.24) is 9.97 Å². The van der Waals surface area contributed by atoms with Crippen molar-refractivity contribution in [1.29, 1.82) is 0 Å². The SMILES string of the molecule is CCCc1nc(-c2ccccc2)nc(-c2ccccc2)c1CCC. The Morgan fingerprint density at radius 1 is 0.667 bits per heavy atom. The Morgan fingerprint density at radius 2 is 1.25 bits per heavy atom. The molecule has 0 unspecified atom stereocenters. The topological polar surface area (TPSA) is 25.8 Å². The van der Waals surface area contributed by atoms with Crippen molar-refractivity contribution in [3.63, 3.8) is 0 Å². The number of rotatable bonds is 6. The molecule has 1 heterocycles. The molecule has 1 aromatic heterocycles. The molecule has 0 bridgehead atoms. The largest absolute Gasteiger partial charge is 0.233 e. The highest BCUT2D eigenvalue weighted by atomic mass is 14.9. The van der Waals surface area contributed by atoms with E-state index in [-0.39, 0.29) is 0 Å². The average Bonchev–Trinajstić information content (AvgIpc) is 2.65. The zero-order valence-corrected chi connectivity index (χ0v) is 14.5. The first kappa shape index (κ1) is 16.4. The standard InChI is InChI=1S/C22H24N2/c1-3-11-19-20(12-4-2)23-22(18-15-9-6-10-16-18)24-21(19)17-13-7-5-8-14-17/h5-10,13-16H,3-4,11-12H2,1-2H3. The van der Waals surface area contributed by atoms with Gasteiger partial charge >= 0.3 is 0 Å². The maximum Gasteiger partial charge on any atom is 0.160 e. The molecule has 24 heavy (non-hydrogen) atoms. The summed E-state index contributed by atoms with van der Waals surface area (Å²) in [5, 5.41) is 0. The van der Waals surface area contributed by atoms with Crippen LogP contribution in [0, 0.1) is 0 Å². The summed E-state index contributed by atoms with van der Waals surface area (Å²) in [6, 6.07) is 20.8. The second-order valence-corrected chi connectivity index (χ2v) is 6.05. The van der Waals surface area contributed by atoms with E-state index in [4.69, 9.17) is 9.97 Å². The van der Waals surface area contributed by atoms with Crippen molar-refractivity contribution in [3.8, 4) is 22.6 Å². The van der Waals surface area contributed by atoms with Gasteiger partial charge in [-0.05, 0) is 12.8 Å². The molecule has 2 aromatic carbocycles. The minimum atomic E-state index is 0.831. The summed E-state index contributed by atoms with van der Waals surface area (Å²) in [5.41, 5.74) is 5.86. The van der Waals surface area contributed by atoms with E-state index in [9.17, 15) is 0 Å². The van der Waals surface area contributed by atoms with E-state index >= 15 is 0 Å². The molecule has 0 fully saturated rings. The third-order valence-electron chi connectivity index (χ3n) is 4.16. The normalized spacial score (nSPS) is 10.8. The van der Waals surface area contributed by atoms with Crippen molar-refractivity contribution in [3.05, 3.63) is 71.9 Å². The molecule has 0 atom stereocenters. The third kappa shape index (κ3) is 3.53. The van der Waals surface area contributed by atoms with Gasteiger partial charge in [-0.3, -0.25) is 0 Å². The van der Waals surface area contributed by atoms with Crippen LogP contribution >= 0.6 is 0 Å². The van der Waals surface area contributed by atoms with Gasteiger partial charge in [-0.2, -0.15) is 0 Å². The van der Waals surface area contributed by atoms with Crippen LogP contribution in [0.1, 0.15) is 37.9 Å². The number of hydrogen-bond donors (Lipinski definition) is 0. The van der Waals surface area contributed by atoms with Crippen LogP contribution in [-0.4, -0.2) is 9.97 Å². The summed E-state index contributed by atoms with van der Waals surface area (Å²) in [6.07, 6.45) is 4.22. The lowest BCUT2D eigenvalue weighted by Gasteiger charge is -2.15. The fraction of sp³-hybridized carbons (Fsp3) is 0.273. The van der Waals surface area contributed by atoms with Crippen LogP contribution in [0.15, 0.2) is 60.7 Å². The van der Waals surface area contributed by atoms with Crippen molar-refractivity contribution in [2.24, 2.45) is 0 Å². The highest BCUT2D eigenvalue weighted by Crippen LogP contribution is 2.28. The fourth-order valence-corrected chi connectivity index (χ4v) is 3.04. The fourth-order valence-electron chi connectivity index (χ4n) is 3.04. The van der Waals surface area contributed by atoms with Gasteiger partial charge in [0.15, 0.2) is 5.82 Å². The minimum absolute atomic E-state index is 0.831. The molecule has 0 saturated carbocycles. The zero-order chi connectivity index (χ0) is 16.8. The van der Waals surface area contributed by atoms with Crippen LogP contribution < -0.4 is 0 Å². The molecule has 0 N–H and O–H groups in total. The molecule has 0 spiro atoms. The van der Waals surface area contributed by atoms with Gasteiger partial charge in [-0.25, -0.2) is 9.97 Å². The lowest BCUT2D eigenvalue weighted by Crippen LogP contribution is -2.06. The monoisotopic (exact) mass is 316 g/mol. The van der Waals surface area contributed by atoms with Crippen molar-refractivity contribution < 1.29 is 0 Å². The van der Waals surface area contributed by atoms with Gasteiger partial charge < -0.3 is 0 Å². The van der Waals surface area contributed by atoms with Crippen molar-refractivity contribution in [2.75, 3.05) is 0 Å². The van der Waals surface area contributed by atoms with Crippen LogP contribution in [0.4, 0.5) is 0 Å².